The van der Waals surface area contributed by atoms with E-state index in [0.717, 1.165) is 12.8 Å². The molecular formula is C7H15ClNO2PS2. The molecule has 0 aromatic rings. The van der Waals surface area contributed by atoms with E-state index in [0.29, 0.717) is 12.3 Å². The molecule has 0 spiro atoms. The van der Waals surface area contributed by atoms with Crippen LogP contribution < -0.4 is 5.09 Å². The van der Waals surface area contributed by atoms with Gasteiger partial charge in [0.25, 0.3) is 5.70 Å². The van der Waals surface area contributed by atoms with Crippen LogP contribution in [0, 0.1) is 0 Å². The Morgan fingerprint density at radius 1 is 1.36 bits per heavy atom. The van der Waals surface area contributed by atoms with E-state index < -0.39 is 5.70 Å². The topological polar surface area (TPSA) is 46.2 Å². The van der Waals surface area contributed by atoms with Crippen LogP contribution in [-0.2, 0) is 9.36 Å². The molecule has 0 saturated carbocycles. The molecule has 3 nitrogen and oxygen atoms in total. The minimum Gasteiger partial charge on any atom is -0.291 e. The Morgan fingerprint density at radius 2 is 1.93 bits per heavy atom. The Labute approximate surface area is 98.0 Å². The molecule has 7 heteroatoms. The minimum absolute atomic E-state index is 0.151. The molecule has 0 bridgehead atoms. The van der Waals surface area contributed by atoms with Gasteiger partial charge in [0.15, 0.2) is 0 Å². The van der Waals surface area contributed by atoms with E-state index >= 15 is 0 Å². The number of nitrogens with one attached hydrogen (secondary N) is 1. The van der Waals surface area contributed by atoms with Crippen LogP contribution in [0.3, 0.4) is 0 Å². The fraction of sp³-hybridized carbons (Fsp3) is 0.857. The molecule has 0 radical (unpaired) electrons. The third-order valence-corrected chi connectivity index (χ3v) is 9.40. The summed E-state index contributed by atoms with van der Waals surface area (Å²) in [6.07, 6.45) is 5.43. The highest BCUT2D eigenvalue weighted by atomic mass is 35.5. The zero-order valence-electron chi connectivity index (χ0n) is 8.29. The molecule has 0 unspecified atom stereocenters. The number of unbranched alkanes of at least 4 members (excludes halogenated alkanes) is 1. The lowest BCUT2D eigenvalue weighted by Crippen LogP contribution is -2.17. The van der Waals surface area contributed by atoms with E-state index in [1.54, 1.807) is 12.5 Å². The van der Waals surface area contributed by atoms with Gasteiger partial charge in [0.05, 0.1) is 0 Å². The number of amides is 1. The summed E-state index contributed by atoms with van der Waals surface area (Å²) >= 11 is 7.88. The number of alkyl halides is 1. The van der Waals surface area contributed by atoms with Crippen molar-refractivity contribution in [3.8, 4) is 0 Å². The quantitative estimate of drug-likeness (QED) is 0.440. The van der Waals surface area contributed by atoms with Gasteiger partial charge in [-0.2, -0.15) is 0 Å². The van der Waals surface area contributed by atoms with Crippen molar-refractivity contribution in [1.82, 2.24) is 5.09 Å². The van der Waals surface area contributed by atoms with Crippen LogP contribution in [0.1, 0.15) is 19.3 Å². The van der Waals surface area contributed by atoms with Gasteiger partial charge in [-0.1, -0.05) is 22.8 Å². The number of hydrogen-bond donors (Lipinski definition) is 1. The van der Waals surface area contributed by atoms with E-state index in [-0.39, 0.29) is 5.91 Å². The second kappa shape index (κ2) is 7.91. The molecule has 0 aliphatic heterocycles. The average Bonchev–Trinajstić information content (AvgIpc) is 2.18. The van der Waals surface area contributed by atoms with Crippen LogP contribution in [0.2, 0.25) is 0 Å². The monoisotopic (exact) mass is 275 g/mol. The second-order valence-electron chi connectivity index (χ2n) is 2.54. The Bertz CT molecular complexity index is 220. The SMILES string of the molecule is CSP(=O)(NC(=O)CCCCCl)SC. The predicted octanol–water partition coefficient (Wildman–Crippen LogP) is 3.35. The summed E-state index contributed by atoms with van der Waals surface area (Å²) < 4.78 is 11.8. The highest BCUT2D eigenvalue weighted by Gasteiger charge is 2.21. The Balaban J connectivity index is 3.86. The van der Waals surface area contributed by atoms with Crippen molar-refractivity contribution >= 4 is 46.0 Å². The zero-order chi connectivity index (χ0) is 11.0. The van der Waals surface area contributed by atoms with Gasteiger partial charge in [0.1, 0.15) is 0 Å². The molecule has 0 aromatic heterocycles. The van der Waals surface area contributed by atoms with Crippen LogP contribution in [-0.4, -0.2) is 24.3 Å². The summed E-state index contributed by atoms with van der Waals surface area (Å²) in [6.45, 7) is 0. The Hall–Kier alpha value is 0.690. The van der Waals surface area contributed by atoms with Crippen molar-refractivity contribution < 1.29 is 9.36 Å². The first kappa shape index (κ1) is 14.7. The molecule has 0 aromatic carbocycles. The van der Waals surface area contributed by atoms with Gasteiger partial charge < -0.3 is 0 Å². The number of rotatable bonds is 7. The number of halogens is 1. The summed E-state index contributed by atoms with van der Waals surface area (Å²) in [5.74, 6) is 0.415. The van der Waals surface area contributed by atoms with Gasteiger partial charge in [0, 0.05) is 12.3 Å². The summed E-state index contributed by atoms with van der Waals surface area (Å²) in [5, 5.41) is 2.55. The lowest BCUT2D eigenvalue weighted by Gasteiger charge is -2.13. The lowest BCUT2D eigenvalue weighted by molar-refractivity contribution is -0.119. The maximum atomic E-state index is 11.8. The maximum absolute atomic E-state index is 11.8. The first-order valence-electron chi connectivity index (χ1n) is 4.16. The van der Waals surface area contributed by atoms with Gasteiger partial charge >= 0.3 is 0 Å². The van der Waals surface area contributed by atoms with Gasteiger partial charge in [-0.25, -0.2) is 0 Å². The largest absolute Gasteiger partial charge is 0.291 e. The first-order chi connectivity index (χ1) is 6.58. The van der Waals surface area contributed by atoms with Gasteiger partial charge in [0.2, 0.25) is 5.91 Å². The first-order valence-corrected chi connectivity index (χ1v) is 10.1. The molecule has 0 rings (SSSR count). The van der Waals surface area contributed by atoms with Crippen LogP contribution in [0.4, 0.5) is 0 Å². The fourth-order valence-electron chi connectivity index (χ4n) is 0.754. The van der Waals surface area contributed by atoms with Gasteiger partial charge in [-0.05, 0) is 25.4 Å². The fourth-order valence-corrected chi connectivity index (χ4v) is 4.64. The average molecular weight is 276 g/mol. The van der Waals surface area contributed by atoms with Crippen molar-refractivity contribution in [2.45, 2.75) is 19.3 Å². The molecule has 1 N–H and O–H groups in total. The third-order valence-electron chi connectivity index (χ3n) is 1.53. The molecule has 1 amide bonds. The van der Waals surface area contributed by atoms with Crippen LogP contribution in [0.5, 0.6) is 0 Å². The van der Waals surface area contributed by atoms with Crippen molar-refractivity contribution in [2.24, 2.45) is 0 Å². The van der Waals surface area contributed by atoms with Gasteiger partial charge in [-0.3, -0.25) is 14.4 Å². The smallest absolute Gasteiger partial charge is 0.279 e. The van der Waals surface area contributed by atoms with Crippen molar-refractivity contribution in [3.63, 3.8) is 0 Å². The third kappa shape index (κ3) is 6.23. The summed E-state index contributed by atoms with van der Waals surface area (Å²) in [5.41, 5.74) is -2.59. The summed E-state index contributed by atoms with van der Waals surface area (Å²) in [6, 6.07) is 0. The predicted molar refractivity (Wildman–Crippen MR) is 67.4 cm³/mol. The van der Waals surface area contributed by atoms with Crippen molar-refractivity contribution in [3.05, 3.63) is 0 Å². The van der Waals surface area contributed by atoms with E-state index in [1.165, 1.54) is 22.8 Å². The Kier molecular flexibility index (Phi) is 8.30. The standard InChI is InChI=1S/C7H15ClNO2PS2/c1-13-12(11,14-2)9-7(10)5-3-4-6-8/h3-6H2,1-2H3,(H,9,10,11). The molecular weight excluding hydrogens is 261 g/mol. The van der Waals surface area contributed by atoms with Crippen molar-refractivity contribution in [1.29, 1.82) is 0 Å². The zero-order valence-corrected chi connectivity index (χ0v) is 11.6. The van der Waals surface area contributed by atoms with Crippen LogP contribution in [0.25, 0.3) is 0 Å². The van der Waals surface area contributed by atoms with E-state index in [9.17, 15) is 9.36 Å². The van der Waals surface area contributed by atoms with E-state index in [4.69, 9.17) is 11.6 Å². The Morgan fingerprint density at radius 3 is 2.36 bits per heavy atom. The normalized spacial score (nSPS) is 11.4. The lowest BCUT2D eigenvalue weighted by atomic mass is 10.2. The van der Waals surface area contributed by atoms with Crippen molar-refractivity contribution in [2.75, 3.05) is 18.4 Å². The molecule has 0 heterocycles. The molecule has 0 aliphatic rings. The summed E-state index contributed by atoms with van der Waals surface area (Å²) in [7, 11) is 0. The van der Waals surface area contributed by atoms with Crippen LogP contribution in [0.15, 0.2) is 0 Å². The highest BCUT2D eigenvalue weighted by molar-refractivity contribution is 8.89. The number of carbonyl (C=O) groups excluding carboxylic acids is 1. The van der Waals surface area contributed by atoms with Gasteiger partial charge in [-0.15, -0.1) is 11.6 Å². The van der Waals surface area contributed by atoms with Crippen LogP contribution >= 0.6 is 40.1 Å². The maximum Gasteiger partial charge on any atom is 0.279 e. The molecule has 14 heavy (non-hydrogen) atoms. The molecule has 0 aliphatic carbocycles. The number of hydrogen-bond acceptors (Lipinski definition) is 4. The molecule has 0 atom stereocenters. The second-order valence-corrected chi connectivity index (χ2v) is 10.8. The molecule has 0 saturated heterocycles. The van der Waals surface area contributed by atoms with E-state index in [2.05, 4.69) is 5.09 Å². The highest BCUT2D eigenvalue weighted by Crippen LogP contribution is 2.63. The molecule has 0 fully saturated rings. The minimum atomic E-state index is -2.59. The summed E-state index contributed by atoms with van der Waals surface area (Å²) in [4.78, 5) is 11.3. The number of carbonyl (C=O) groups is 1. The molecule has 84 valence electrons. The van der Waals surface area contributed by atoms with E-state index in [1.807, 2.05) is 0 Å².